The Morgan fingerprint density at radius 1 is 1.33 bits per heavy atom. The molecule has 0 aliphatic heterocycles. The number of hydrogen-bond acceptors (Lipinski definition) is 2. The van der Waals surface area contributed by atoms with E-state index in [-0.39, 0.29) is 5.41 Å². The Morgan fingerprint density at radius 3 is 2.57 bits per heavy atom. The van der Waals surface area contributed by atoms with Crippen LogP contribution in [0.3, 0.4) is 0 Å². The molecule has 1 aromatic rings. The SMILES string of the molecule is CC1CC(NC(Cn2ccnc2)C(C)(C)C)CC(C)(C)C1. The van der Waals surface area contributed by atoms with Gasteiger partial charge < -0.3 is 9.88 Å². The normalized spacial score (nSPS) is 27.5. The smallest absolute Gasteiger partial charge is 0.0946 e. The first-order valence-electron chi connectivity index (χ1n) is 8.37. The Labute approximate surface area is 130 Å². The molecule has 1 saturated carbocycles. The second kappa shape index (κ2) is 6.12. The van der Waals surface area contributed by atoms with Crippen LogP contribution in [0.25, 0.3) is 0 Å². The summed E-state index contributed by atoms with van der Waals surface area (Å²) >= 11 is 0. The van der Waals surface area contributed by atoms with Crippen LogP contribution in [-0.2, 0) is 6.54 Å². The number of nitrogens with zero attached hydrogens (tertiary/aromatic N) is 2. The molecular weight excluding hydrogens is 258 g/mol. The van der Waals surface area contributed by atoms with Gasteiger partial charge in [-0.2, -0.15) is 0 Å². The fraction of sp³-hybridized carbons (Fsp3) is 0.833. The summed E-state index contributed by atoms with van der Waals surface area (Å²) in [5.41, 5.74) is 0.710. The third kappa shape index (κ3) is 4.84. The van der Waals surface area contributed by atoms with E-state index in [4.69, 9.17) is 0 Å². The molecule has 1 fully saturated rings. The third-order valence-electron chi connectivity index (χ3n) is 4.82. The van der Waals surface area contributed by atoms with Crippen molar-refractivity contribution in [2.45, 2.75) is 79.4 Å². The van der Waals surface area contributed by atoms with Crippen molar-refractivity contribution < 1.29 is 0 Å². The Balaban J connectivity index is 2.04. The standard InChI is InChI=1S/C18H33N3/c1-14-9-15(11-18(5,6)10-14)20-16(17(2,3)4)12-21-8-7-19-13-21/h7-8,13-16,20H,9-12H2,1-6H3. The molecule has 1 heterocycles. The molecule has 3 nitrogen and oxygen atoms in total. The van der Waals surface area contributed by atoms with Crippen LogP contribution in [0.4, 0.5) is 0 Å². The minimum atomic E-state index is 0.245. The van der Waals surface area contributed by atoms with E-state index < -0.39 is 0 Å². The van der Waals surface area contributed by atoms with Crippen molar-refractivity contribution in [2.24, 2.45) is 16.7 Å². The summed E-state index contributed by atoms with van der Waals surface area (Å²) in [5.74, 6) is 0.820. The van der Waals surface area contributed by atoms with Gasteiger partial charge in [0.15, 0.2) is 0 Å². The van der Waals surface area contributed by atoms with Gasteiger partial charge in [-0.05, 0) is 36.0 Å². The zero-order chi connectivity index (χ0) is 15.7. The van der Waals surface area contributed by atoms with E-state index >= 15 is 0 Å². The second-order valence-electron chi connectivity index (χ2n) is 8.96. The Hall–Kier alpha value is -0.830. The van der Waals surface area contributed by atoms with Crippen LogP contribution in [0.5, 0.6) is 0 Å². The van der Waals surface area contributed by atoms with Crippen molar-refractivity contribution in [3.63, 3.8) is 0 Å². The lowest BCUT2D eigenvalue weighted by Crippen LogP contribution is -2.51. The lowest BCUT2D eigenvalue weighted by Gasteiger charge is -2.43. The average Bonchev–Trinajstić information content (AvgIpc) is 2.76. The molecule has 1 N–H and O–H groups in total. The molecular formula is C18H33N3. The lowest BCUT2D eigenvalue weighted by atomic mass is 9.70. The predicted molar refractivity (Wildman–Crippen MR) is 89.2 cm³/mol. The molecule has 3 atom stereocenters. The van der Waals surface area contributed by atoms with Crippen LogP contribution in [0.1, 0.15) is 60.8 Å². The van der Waals surface area contributed by atoms with Gasteiger partial charge in [-0.3, -0.25) is 0 Å². The maximum Gasteiger partial charge on any atom is 0.0946 e. The molecule has 1 aromatic heterocycles. The molecule has 0 saturated heterocycles. The van der Waals surface area contributed by atoms with Gasteiger partial charge in [0.05, 0.1) is 6.33 Å². The molecule has 3 heteroatoms. The predicted octanol–water partition coefficient (Wildman–Crippen LogP) is 4.10. The molecule has 3 unspecified atom stereocenters. The Kier molecular flexibility index (Phi) is 4.82. The van der Waals surface area contributed by atoms with Crippen LogP contribution in [0, 0.1) is 16.7 Å². The maximum atomic E-state index is 4.17. The van der Waals surface area contributed by atoms with Crippen LogP contribution >= 0.6 is 0 Å². The van der Waals surface area contributed by atoms with Crippen LogP contribution in [0.15, 0.2) is 18.7 Å². The highest BCUT2D eigenvalue weighted by atomic mass is 15.1. The minimum absolute atomic E-state index is 0.245. The number of imidazole rings is 1. The average molecular weight is 291 g/mol. The van der Waals surface area contributed by atoms with Gasteiger partial charge in [0.25, 0.3) is 0 Å². The Morgan fingerprint density at radius 2 is 2.05 bits per heavy atom. The highest BCUT2D eigenvalue weighted by molar-refractivity contribution is 4.92. The highest BCUT2D eigenvalue weighted by Crippen LogP contribution is 2.39. The fourth-order valence-electron chi connectivity index (χ4n) is 3.94. The zero-order valence-corrected chi connectivity index (χ0v) is 14.7. The van der Waals surface area contributed by atoms with Gasteiger partial charge in [0.1, 0.15) is 0 Å². The van der Waals surface area contributed by atoms with E-state index in [1.54, 1.807) is 0 Å². The quantitative estimate of drug-likeness (QED) is 0.905. The largest absolute Gasteiger partial charge is 0.336 e. The van der Waals surface area contributed by atoms with E-state index in [0.717, 1.165) is 12.5 Å². The molecule has 2 rings (SSSR count). The molecule has 1 aliphatic rings. The summed E-state index contributed by atoms with van der Waals surface area (Å²) in [6, 6.07) is 1.11. The second-order valence-corrected chi connectivity index (χ2v) is 8.96. The van der Waals surface area contributed by atoms with E-state index in [0.29, 0.717) is 17.5 Å². The van der Waals surface area contributed by atoms with Gasteiger partial charge in [-0.25, -0.2) is 4.98 Å². The first kappa shape index (κ1) is 16.5. The van der Waals surface area contributed by atoms with Gasteiger partial charge in [0.2, 0.25) is 0 Å². The van der Waals surface area contributed by atoms with Crippen LogP contribution < -0.4 is 5.32 Å². The molecule has 120 valence electrons. The maximum absolute atomic E-state index is 4.17. The minimum Gasteiger partial charge on any atom is -0.336 e. The topological polar surface area (TPSA) is 29.9 Å². The lowest BCUT2D eigenvalue weighted by molar-refractivity contribution is 0.120. The van der Waals surface area contributed by atoms with Gasteiger partial charge in [-0.15, -0.1) is 0 Å². The van der Waals surface area contributed by atoms with Gasteiger partial charge in [0, 0.05) is 31.0 Å². The molecule has 0 bridgehead atoms. The van der Waals surface area contributed by atoms with Crippen molar-refractivity contribution in [1.29, 1.82) is 0 Å². The summed E-state index contributed by atoms with van der Waals surface area (Å²) in [6.07, 6.45) is 9.80. The molecule has 0 aromatic carbocycles. The van der Waals surface area contributed by atoms with Crippen molar-refractivity contribution >= 4 is 0 Å². The monoisotopic (exact) mass is 291 g/mol. The van der Waals surface area contributed by atoms with Crippen LogP contribution in [-0.4, -0.2) is 21.6 Å². The first-order chi connectivity index (χ1) is 9.66. The van der Waals surface area contributed by atoms with E-state index in [1.807, 2.05) is 12.5 Å². The van der Waals surface area contributed by atoms with E-state index in [1.165, 1.54) is 19.3 Å². The number of hydrogen-bond donors (Lipinski definition) is 1. The molecule has 1 aliphatic carbocycles. The summed E-state index contributed by atoms with van der Waals surface area (Å²) < 4.78 is 2.19. The van der Waals surface area contributed by atoms with Gasteiger partial charge >= 0.3 is 0 Å². The molecule has 0 radical (unpaired) electrons. The highest BCUT2D eigenvalue weighted by Gasteiger charge is 2.35. The fourth-order valence-corrected chi connectivity index (χ4v) is 3.94. The number of nitrogens with one attached hydrogen (secondary N) is 1. The molecule has 21 heavy (non-hydrogen) atoms. The number of rotatable bonds is 4. The van der Waals surface area contributed by atoms with Gasteiger partial charge in [-0.1, -0.05) is 41.5 Å². The van der Waals surface area contributed by atoms with Crippen LogP contribution in [0.2, 0.25) is 0 Å². The number of aromatic nitrogens is 2. The van der Waals surface area contributed by atoms with E-state index in [9.17, 15) is 0 Å². The third-order valence-corrected chi connectivity index (χ3v) is 4.82. The summed E-state index contributed by atoms with van der Waals surface area (Å²) in [5, 5.41) is 3.97. The Bertz CT molecular complexity index is 428. The summed E-state index contributed by atoms with van der Waals surface area (Å²) in [6.45, 7) is 15.2. The summed E-state index contributed by atoms with van der Waals surface area (Å²) in [4.78, 5) is 4.17. The zero-order valence-electron chi connectivity index (χ0n) is 14.7. The van der Waals surface area contributed by atoms with Crippen molar-refractivity contribution in [3.05, 3.63) is 18.7 Å². The first-order valence-corrected chi connectivity index (χ1v) is 8.37. The molecule has 0 amide bonds. The van der Waals surface area contributed by atoms with Crippen molar-refractivity contribution in [3.8, 4) is 0 Å². The van der Waals surface area contributed by atoms with Crippen molar-refractivity contribution in [1.82, 2.24) is 14.9 Å². The molecule has 0 spiro atoms. The summed E-state index contributed by atoms with van der Waals surface area (Å²) in [7, 11) is 0. The van der Waals surface area contributed by atoms with Crippen molar-refractivity contribution in [2.75, 3.05) is 0 Å². The van der Waals surface area contributed by atoms with E-state index in [2.05, 4.69) is 62.6 Å².